The third-order valence-electron chi connectivity index (χ3n) is 6.39. The number of rotatable bonds is 7. The molecule has 208 valence electrons. The van der Waals surface area contributed by atoms with E-state index in [4.69, 9.17) is 32.4 Å². The van der Waals surface area contributed by atoms with Gasteiger partial charge in [0.05, 0.1) is 16.3 Å². The molecule has 0 bridgehead atoms. The summed E-state index contributed by atoms with van der Waals surface area (Å²) in [6, 6.07) is 17.8. The van der Waals surface area contributed by atoms with Gasteiger partial charge < -0.3 is 14.5 Å². The van der Waals surface area contributed by atoms with Crippen molar-refractivity contribution in [3.05, 3.63) is 115 Å². The normalized spacial score (nSPS) is 13.4. The number of aryl methyl sites for hydroxylation is 1. The Hall–Kier alpha value is -4.67. The number of ether oxygens (including phenoxy) is 1. The highest BCUT2D eigenvalue weighted by Crippen LogP contribution is 2.34. The molecule has 0 saturated carbocycles. The van der Waals surface area contributed by atoms with Crippen LogP contribution < -0.4 is 15.5 Å². The molecule has 10 nitrogen and oxygen atoms in total. The average Bonchev–Trinajstić information content (AvgIpc) is 3.31. The van der Waals surface area contributed by atoms with Crippen LogP contribution in [0.2, 0.25) is 10.0 Å². The summed E-state index contributed by atoms with van der Waals surface area (Å²) < 4.78 is 11.9. The summed E-state index contributed by atoms with van der Waals surface area (Å²) in [4.78, 5) is 36.6. The number of carbonyl (C=O) groups excluding carboxylic acids is 2. The largest absolute Gasteiger partial charge is 0.455 e. The molecule has 2 N–H and O–H groups in total. The minimum absolute atomic E-state index is 0.0283. The SMILES string of the molecule is Cc1c(C(=O)Nc2cc(Cl)ccc2Oc2ccccc2)oc2c1/C(=N/NC(=O)c1ccc(Cl)c([N+](=O)[O-])c1)CCC2. The Kier molecular flexibility index (Phi) is 8.04. The molecule has 0 radical (unpaired) electrons. The second-order valence-electron chi connectivity index (χ2n) is 9.14. The van der Waals surface area contributed by atoms with Crippen molar-refractivity contribution in [2.24, 2.45) is 5.10 Å². The molecule has 12 heteroatoms. The second kappa shape index (κ2) is 11.8. The Morgan fingerprint density at radius 3 is 2.56 bits per heavy atom. The first kappa shape index (κ1) is 27.9. The number of benzene rings is 3. The fourth-order valence-corrected chi connectivity index (χ4v) is 4.82. The number of hydrogen-bond acceptors (Lipinski definition) is 7. The lowest BCUT2D eigenvalue weighted by Crippen LogP contribution is -2.22. The number of nitro benzene ring substituents is 1. The van der Waals surface area contributed by atoms with Crippen molar-refractivity contribution in [2.45, 2.75) is 26.2 Å². The van der Waals surface area contributed by atoms with Crippen molar-refractivity contribution in [1.29, 1.82) is 0 Å². The molecule has 41 heavy (non-hydrogen) atoms. The standard InChI is InChI=1S/C29H22Cl2N4O6/c1-16-26-21(33-34-28(36)17-10-12-20(31)23(14-17)35(38)39)8-5-9-25(26)41-27(16)29(37)32-22-15-18(30)11-13-24(22)40-19-6-3-2-4-7-19/h2-4,6-7,10-15H,5,8-9H2,1H3,(H,32,37)(H,34,36)/b33-21+. The number of anilines is 1. The lowest BCUT2D eigenvalue weighted by Gasteiger charge is -2.13. The molecule has 1 heterocycles. The van der Waals surface area contributed by atoms with E-state index in [0.29, 0.717) is 64.1 Å². The van der Waals surface area contributed by atoms with E-state index in [0.717, 1.165) is 6.07 Å². The molecule has 0 unspecified atom stereocenters. The zero-order valence-electron chi connectivity index (χ0n) is 21.6. The monoisotopic (exact) mass is 592 g/mol. The van der Waals surface area contributed by atoms with Crippen LogP contribution in [-0.2, 0) is 6.42 Å². The number of carbonyl (C=O) groups is 2. The fourth-order valence-electron chi connectivity index (χ4n) is 4.46. The summed E-state index contributed by atoms with van der Waals surface area (Å²) in [5.74, 6) is 0.501. The van der Waals surface area contributed by atoms with Crippen molar-refractivity contribution in [3.8, 4) is 11.5 Å². The van der Waals surface area contributed by atoms with Crippen molar-refractivity contribution < 1.29 is 23.7 Å². The van der Waals surface area contributed by atoms with Crippen LogP contribution in [0.4, 0.5) is 11.4 Å². The van der Waals surface area contributed by atoms with Gasteiger partial charge >= 0.3 is 0 Å². The molecule has 0 atom stereocenters. The first-order valence-electron chi connectivity index (χ1n) is 12.5. The van der Waals surface area contributed by atoms with Crippen LogP contribution >= 0.6 is 23.2 Å². The fraction of sp³-hybridized carbons (Fsp3) is 0.138. The topological polar surface area (TPSA) is 136 Å². The molecule has 4 aromatic rings. The van der Waals surface area contributed by atoms with Crippen LogP contribution in [0.15, 0.2) is 76.2 Å². The average molecular weight is 593 g/mol. The maximum Gasteiger partial charge on any atom is 0.291 e. The molecular formula is C29H22Cl2N4O6. The van der Waals surface area contributed by atoms with E-state index >= 15 is 0 Å². The maximum absolute atomic E-state index is 13.4. The number of hydrazone groups is 1. The predicted molar refractivity (Wildman–Crippen MR) is 154 cm³/mol. The van der Waals surface area contributed by atoms with Crippen LogP contribution in [0, 0.1) is 17.0 Å². The first-order valence-corrected chi connectivity index (χ1v) is 13.2. The zero-order valence-corrected chi connectivity index (χ0v) is 23.1. The highest BCUT2D eigenvalue weighted by atomic mass is 35.5. The zero-order chi connectivity index (χ0) is 29.1. The van der Waals surface area contributed by atoms with E-state index in [1.165, 1.54) is 12.1 Å². The van der Waals surface area contributed by atoms with Crippen molar-refractivity contribution >= 4 is 52.1 Å². The third kappa shape index (κ3) is 6.08. The molecule has 3 aromatic carbocycles. The molecule has 0 aliphatic heterocycles. The quantitative estimate of drug-likeness (QED) is 0.170. The Morgan fingerprint density at radius 1 is 1.02 bits per heavy atom. The number of para-hydroxylation sites is 1. The Bertz CT molecular complexity index is 1700. The maximum atomic E-state index is 13.4. The Labute approximate surface area is 244 Å². The number of fused-ring (bicyclic) bond motifs is 1. The summed E-state index contributed by atoms with van der Waals surface area (Å²) in [5, 5.41) is 18.6. The van der Waals surface area contributed by atoms with Crippen LogP contribution in [0.3, 0.4) is 0 Å². The van der Waals surface area contributed by atoms with E-state index in [9.17, 15) is 19.7 Å². The summed E-state index contributed by atoms with van der Waals surface area (Å²) in [6.07, 6.45) is 1.80. The van der Waals surface area contributed by atoms with Gasteiger partial charge in [-0.05, 0) is 62.2 Å². The number of halogens is 2. The number of furan rings is 1. The van der Waals surface area contributed by atoms with Gasteiger partial charge in [-0.1, -0.05) is 41.4 Å². The lowest BCUT2D eigenvalue weighted by molar-refractivity contribution is -0.384. The highest BCUT2D eigenvalue weighted by Gasteiger charge is 2.29. The minimum atomic E-state index is -0.667. The van der Waals surface area contributed by atoms with Gasteiger partial charge in [0, 0.05) is 34.2 Å². The van der Waals surface area contributed by atoms with Gasteiger partial charge in [0.1, 0.15) is 16.5 Å². The van der Waals surface area contributed by atoms with E-state index in [1.807, 2.05) is 18.2 Å². The number of amides is 2. The van der Waals surface area contributed by atoms with E-state index < -0.39 is 16.7 Å². The molecule has 0 fully saturated rings. The number of nitrogens with zero attached hydrogens (tertiary/aromatic N) is 2. The van der Waals surface area contributed by atoms with Gasteiger partial charge in [0.15, 0.2) is 11.5 Å². The van der Waals surface area contributed by atoms with Gasteiger partial charge in [-0.15, -0.1) is 0 Å². The molecule has 0 saturated heterocycles. The minimum Gasteiger partial charge on any atom is -0.455 e. The summed E-state index contributed by atoms with van der Waals surface area (Å²) in [7, 11) is 0. The highest BCUT2D eigenvalue weighted by molar-refractivity contribution is 6.32. The lowest BCUT2D eigenvalue weighted by atomic mass is 9.93. The number of hydrogen-bond donors (Lipinski definition) is 2. The van der Waals surface area contributed by atoms with E-state index in [2.05, 4.69) is 15.8 Å². The third-order valence-corrected chi connectivity index (χ3v) is 6.94. The Morgan fingerprint density at radius 2 is 1.80 bits per heavy atom. The van der Waals surface area contributed by atoms with Gasteiger partial charge in [-0.25, -0.2) is 5.43 Å². The molecule has 5 rings (SSSR count). The van der Waals surface area contributed by atoms with Gasteiger partial charge in [0.2, 0.25) is 0 Å². The van der Waals surface area contributed by atoms with Crippen molar-refractivity contribution in [3.63, 3.8) is 0 Å². The molecule has 1 aliphatic rings. The molecule has 0 spiro atoms. The van der Waals surface area contributed by atoms with Gasteiger partial charge in [0.25, 0.3) is 17.5 Å². The Balaban J connectivity index is 1.38. The van der Waals surface area contributed by atoms with Crippen LogP contribution in [0.5, 0.6) is 11.5 Å². The van der Waals surface area contributed by atoms with Crippen LogP contribution in [0.1, 0.15) is 50.6 Å². The number of nitro groups is 1. The first-order chi connectivity index (χ1) is 19.7. The van der Waals surface area contributed by atoms with Gasteiger partial charge in [-0.3, -0.25) is 19.7 Å². The molecular weight excluding hydrogens is 571 g/mol. The van der Waals surface area contributed by atoms with E-state index in [-0.39, 0.29) is 22.0 Å². The van der Waals surface area contributed by atoms with E-state index in [1.54, 1.807) is 37.3 Å². The smallest absolute Gasteiger partial charge is 0.291 e. The molecule has 2 amide bonds. The predicted octanol–water partition coefficient (Wildman–Crippen LogP) is 7.32. The number of nitrogens with one attached hydrogen (secondary N) is 2. The molecule has 1 aliphatic carbocycles. The van der Waals surface area contributed by atoms with Crippen molar-refractivity contribution in [1.82, 2.24) is 5.43 Å². The molecule has 1 aromatic heterocycles. The van der Waals surface area contributed by atoms with Crippen LogP contribution in [0.25, 0.3) is 0 Å². The summed E-state index contributed by atoms with van der Waals surface area (Å²) in [5.41, 5.74) is 4.17. The van der Waals surface area contributed by atoms with Crippen molar-refractivity contribution in [2.75, 3.05) is 5.32 Å². The summed E-state index contributed by atoms with van der Waals surface area (Å²) >= 11 is 12.0. The van der Waals surface area contributed by atoms with Gasteiger partial charge in [-0.2, -0.15) is 5.10 Å². The van der Waals surface area contributed by atoms with Crippen LogP contribution in [-0.4, -0.2) is 22.4 Å². The summed E-state index contributed by atoms with van der Waals surface area (Å²) in [6.45, 7) is 1.74. The second-order valence-corrected chi connectivity index (χ2v) is 9.98.